The van der Waals surface area contributed by atoms with Crippen LogP contribution in [0.25, 0.3) is 21.9 Å². The van der Waals surface area contributed by atoms with E-state index in [2.05, 4.69) is 25.8 Å². The molecule has 0 atom stereocenters. The predicted molar refractivity (Wildman–Crippen MR) is 107 cm³/mol. The van der Waals surface area contributed by atoms with Gasteiger partial charge in [-0.05, 0) is 40.2 Å². The van der Waals surface area contributed by atoms with Crippen molar-refractivity contribution >= 4 is 53.6 Å². The number of rotatable bonds is 3. The molecule has 0 fully saturated rings. The normalized spacial score (nSPS) is 12.1. The maximum absolute atomic E-state index is 13.1. The molecule has 2 aromatic carbocycles. The SMILES string of the molecule is Cn1ncc2c(NS(=O)(=O)c3cc4c(cc3Br)n(C)c(=O)n4C)cccc21. The summed E-state index contributed by atoms with van der Waals surface area (Å²) in [6.07, 6.45) is 1.62. The summed E-state index contributed by atoms with van der Waals surface area (Å²) < 4.78 is 33.7. The van der Waals surface area contributed by atoms with Crippen molar-refractivity contribution < 1.29 is 8.42 Å². The molecule has 10 heteroatoms. The van der Waals surface area contributed by atoms with Gasteiger partial charge in [0.2, 0.25) is 0 Å². The van der Waals surface area contributed by atoms with Gasteiger partial charge in [0.1, 0.15) is 4.90 Å². The lowest BCUT2D eigenvalue weighted by Gasteiger charge is -2.11. The van der Waals surface area contributed by atoms with E-state index in [0.717, 1.165) is 5.52 Å². The van der Waals surface area contributed by atoms with Crippen LogP contribution in [0.3, 0.4) is 0 Å². The molecule has 1 N–H and O–H groups in total. The molecule has 4 rings (SSSR count). The van der Waals surface area contributed by atoms with Gasteiger partial charge in [0.25, 0.3) is 10.0 Å². The summed E-state index contributed by atoms with van der Waals surface area (Å²) in [4.78, 5) is 12.2. The predicted octanol–water partition coefficient (Wildman–Crippen LogP) is 2.33. The Kier molecular flexibility index (Phi) is 3.93. The van der Waals surface area contributed by atoms with Gasteiger partial charge in [0, 0.05) is 31.0 Å². The van der Waals surface area contributed by atoms with Gasteiger partial charge >= 0.3 is 5.69 Å². The first-order valence-corrected chi connectivity index (χ1v) is 10.3. The Bertz CT molecular complexity index is 1380. The second kappa shape index (κ2) is 5.96. The van der Waals surface area contributed by atoms with Crippen LogP contribution in [0.2, 0.25) is 0 Å². The van der Waals surface area contributed by atoms with E-state index in [1.165, 1.54) is 15.2 Å². The molecule has 0 aliphatic heterocycles. The average molecular weight is 450 g/mol. The van der Waals surface area contributed by atoms with Crippen molar-refractivity contribution in [2.75, 3.05) is 4.72 Å². The van der Waals surface area contributed by atoms with E-state index < -0.39 is 10.0 Å². The molecule has 0 spiro atoms. The number of aryl methyl sites for hydroxylation is 3. The minimum Gasteiger partial charge on any atom is -0.295 e. The Morgan fingerprint density at radius 2 is 1.70 bits per heavy atom. The second-order valence-electron chi connectivity index (χ2n) is 6.28. The number of anilines is 1. The number of nitrogens with zero attached hydrogens (tertiary/aromatic N) is 4. The Hall–Kier alpha value is -2.59. The molecule has 2 aromatic heterocycles. The van der Waals surface area contributed by atoms with Crippen molar-refractivity contribution in [3.63, 3.8) is 0 Å². The maximum Gasteiger partial charge on any atom is 0.328 e. The lowest BCUT2D eigenvalue weighted by molar-refractivity contribution is 0.601. The van der Waals surface area contributed by atoms with Crippen LogP contribution in [0.1, 0.15) is 0 Å². The number of aromatic nitrogens is 4. The molecule has 0 amide bonds. The van der Waals surface area contributed by atoms with E-state index in [9.17, 15) is 13.2 Å². The molecule has 2 heterocycles. The molecular weight excluding hydrogens is 434 g/mol. The largest absolute Gasteiger partial charge is 0.328 e. The molecule has 140 valence electrons. The maximum atomic E-state index is 13.1. The van der Waals surface area contributed by atoms with Gasteiger partial charge in [-0.1, -0.05) is 6.07 Å². The topological polar surface area (TPSA) is 90.9 Å². The number of fused-ring (bicyclic) bond motifs is 2. The van der Waals surface area contributed by atoms with Gasteiger partial charge in [0.15, 0.2) is 0 Å². The Labute approximate surface area is 163 Å². The third-order valence-corrected chi connectivity index (χ3v) is 6.98. The lowest BCUT2D eigenvalue weighted by atomic mass is 10.2. The van der Waals surface area contributed by atoms with Gasteiger partial charge in [-0.25, -0.2) is 13.2 Å². The Morgan fingerprint density at radius 1 is 1.04 bits per heavy atom. The molecule has 0 aliphatic carbocycles. The molecule has 4 aromatic rings. The van der Waals surface area contributed by atoms with E-state index in [-0.39, 0.29) is 10.6 Å². The summed E-state index contributed by atoms with van der Waals surface area (Å²) in [7, 11) is 1.15. The third-order valence-electron chi connectivity index (χ3n) is 4.65. The number of sulfonamides is 1. The molecular formula is C17H16BrN5O3S. The molecule has 0 bridgehead atoms. The number of halogens is 1. The van der Waals surface area contributed by atoms with Gasteiger partial charge in [0.05, 0.1) is 28.4 Å². The van der Waals surface area contributed by atoms with Crippen LogP contribution in [0, 0.1) is 0 Å². The summed E-state index contributed by atoms with van der Waals surface area (Å²) in [5.41, 5.74) is 2.21. The zero-order valence-corrected chi connectivity index (χ0v) is 17.2. The summed E-state index contributed by atoms with van der Waals surface area (Å²) in [6.45, 7) is 0. The fourth-order valence-corrected chi connectivity index (χ4v) is 5.30. The van der Waals surface area contributed by atoms with E-state index in [1.807, 2.05) is 6.07 Å². The van der Waals surface area contributed by atoms with Crippen molar-refractivity contribution in [2.45, 2.75) is 4.90 Å². The highest BCUT2D eigenvalue weighted by molar-refractivity contribution is 9.10. The highest BCUT2D eigenvalue weighted by Crippen LogP contribution is 2.30. The van der Waals surface area contributed by atoms with Crippen LogP contribution in [0.4, 0.5) is 5.69 Å². The Morgan fingerprint density at radius 3 is 2.41 bits per heavy atom. The van der Waals surface area contributed by atoms with Crippen LogP contribution in [-0.4, -0.2) is 27.3 Å². The van der Waals surface area contributed by atoms with Gasteiger partial charge in [-0.15, -0.1) is 0 Å². The second-order valence-corrected chi connectivity index (χ2v) is 8.79. The molecule has 8 nitrogen and oxygen atoms in total. The number of hydrogen-bond acceptors (Lipinski definition) is 4. The fraction of sp³-hybridized carbons (Fsp3) is 0.176. The fourth-order valence-electron chi connectivity index (χ4n) is 3.17. The molecule has 0 unspecified atom stereocenters. The minimum absolute atomic E-state index is 0.0529. The van der Waals surface area contributed by atoms with Crippen molar-refractivity contribution in [1.29, 1.82) is 0 Å². The monoisotopic (exact) mass is 449 g/mol. The summed E-state index contributed by atoms with van der Waals surface area (Å²) in [6, 6.07) is 8.44. The van der Waals surface area contributed by atoms with Gasteiger partial charge in [-0.3, -0.25) is 18.5 Å². The number of benzene rings is 2. The van der Waals surface area contributed by atoms with Gasteiger partial charge < -0.3 is 0 Å². The van der Waals surface area contributed by atoms with E-state index in [4.69, 9.17) is 0 Å². The summed E-state index contributed by atoms with van der Waals surface area (Å²) in [5, 5.41) is 4.88. The first-order valence-electron chi connectivity index (χ1n) is 7.99. The summed E-state index contributed by atoms with van der Waals surface area (Å²) >= 11 is 3.33. The van der Waals surface area contributed by atoms with Crippen LogP contribution in [0.5, 0.6) is 0 Å². The van der Waals surface area contributed by atoms with Crippen molar-refractivity contribution in [3.05, 3.63) is 51.5 Å². The number of nitrogens with one attached hydrogen (secondary N) is 1. The van der Waals surface area contributed by atoms with Crippen molar-refractivity contribution in [3.8, 4) is 0 Å². The van der Waals surface area contributed by atoms with E-state index >= 15 is 0 Å². The standard InChI is InChI=1S/C17H16BrN5O3S/c1-21-14-7-11(18)16(8-15(14)22(2)17(21)24)27(25,26)20-12-5-4-6-13-10(12)9-19-23(13)3/h4-9,20H,1-3H3. The highest BCUT2D eigenvalue weighted by Gasteiger charge is 2.22. The zero-order valence-electron chi connectivity index (χ0n) is 14.8. The Balaban J connectivity index is 1.88. The molecule has 0 aliphatic rings. The number of hydrogen-bond donors (Lipinski definition) is 1. The van der Waals surface area contributed by atoms with Crippen molar-refractivity contribution in [2.24, 2.45) is 21.1 Å². The molecule has 0 saturated heterocycles. The smallest absolute Gasteiger partial charge is 0.295 e. The first-order chi connectivity index (χ1) is 12.7. The van der Waals surface area contributed by atoms with Crippen LogP contribution in [0.15, 0.2) is 50.7 Å². The van der Waals surface area contributed by atoms with E-state index in [1.54, 1.807) is 50.2 Å². The minimum atomic E-state index is -3.90. The van der Waals surface area contributed by atoms with Gasteiger partial charge in [-0.2, -0.15) is 5.10 Å². The van der Waals surface area contributed by atoms with E-state index in [0.29, 0.717) is 26.6 Å². The molecule has 0 saturated carbocycles. The first kappa shape index (κ1) is 17.8. The van der Waals surface area contributed by atoms with Crippen molar-refractivity contribution in [1.82, 2.24) is 18.9 Å². The quantitative estimate of drug-likeness (QED) is 0.519. The molecule has 0 radical (unpaired) electrons. The third kappa shape index (κ3) is 2.67. The van der Waals surface area contributed by atoms with Crippen LogP contribution >= 0.6 is 15.9 Å². The summed E-state index contributed by atoms with van der Waals surface area (Å²) in [5.74, 6) is 0. The number of imidazole rings is 1. The zero-order chi connectivity index (χ0) is 19.5. The lowest BCUT2D eigenvalue weighted by Crippen LogP contribution is -2.19. The van der Waals surface area contributed by atoms with Crippen LogP contribution < -0.4 is 10.4 Å². The average Bonchev–Trinajstić information content (AvgIpc) is 3.09. The molecule has 27 heavy (non-hydrogen) atoms. The highest BCUT2D eigenvalue weighted by atomic mass is 79.9. The van der Waals surface area contributed by atoms with Crippen LogP contribution in [-0.2, 0) is 31.2 Å².